The number of aliphatic hydroxyl groups is 1. The minimum absolute atomic E-state index is 0.285. The second-order valence-corrected chi connectivity index (χ2v) is 7.57. The minimum atomic E-state index is -1.63. The van der Waals surface area contributed by atoms with Gasteiger partial charge in [-0.05, 0) is 38.5 Å². The van der Waals surface area contributed by atoms with Crippen LogP contribution in [0.15, 0.2) is 24.3 Å². The smallest absolute Gasteiger partial charge is 0.336 e. The van der Waals surface area contributed by atoms with E-state index in [0.29, 0.717) is 0 Å². The molecule has 0 aliphatic rings. The van der Waals surface area contributed by atoms with Crippen molar-refractivity contribution in [3.05, 3.63) is 24.3 Å². The van der Waals surface area contributed by atoms with Crippen molar-refractivity contribution in [3.8, 4) is 0 Å². The summed E-state index contributed by atoms with van der Waals surface area (Å²) in [5.41, 5.74) is 0. The van der Waals surface area contributed by atoms with E-state index < -0.39 is 24.6 Å². The van der Waals surface area contributed by atoms with Gasteiger partial charge in [-0.15, -0.1) is 0 Å². The van der Waals surface area contributed by atoms with Gasteiger partial charge in [-0.25, -0.2) is 4.79 Å². The Morgan fingerprint density at radius 3 is 1.79 bits per heavy atom. The largest absolute Gasteiger partial charge is 0.479 e. The van der Waals surface area contributed by atoms with Crippen LogP contribution in [0.3, 0.4) is 0 Å². The molecule has 5 nitrogen and oxygen atoms in total. The molecule has 2 N–H and O–H groups in total. The number of aliphatic carboxylic acids is 1. The molecule has 0 aliphatic carbocycles. The number of unbranched alkanes of at least 4 members (excludes halogenated alkanes) is 11. The van der Waals surface area contributed by atoms with Crippen LogP contribution in [0.5, 0.6) is 0 Å². The van der Waals surface area contributed by atoms with Gasteiger partial charge in [0.15, 0.2) is 6.10 Å². The Bertz CT molecular complexity index is 456. The Labute approximate surface area is 177 Å². The van der Waals surface area contributed by atoms with Crippen LogP contribution in [-0.4, -0.2) is 34.9 Å². The van der Waals surface area contributed by atoms with Crippen LogP contribution in [0.2, 0.25) is 0 Å². The zero-order valence-corrected chi connectivity index (χ0v) is 18.3. The van der Waals surface area contributed by atoms with Crippen LogP contribution in [0.25, 0.3) is 0 Å². The first-order valence-corrected chi connectivity index (χ1v) is 11.4. The molecule has 0 heterocycles. The average molecular weight is 411 g/mol. The molecule has 168 valence electrons. The average Bonchev–Trinajstić information content (AvgIpc) is 2.71. The van der Waals surface area contributed by atoms with Gasteiger partial charge in [0.2, 0.25) is 0 Å². The monoisotopic (exact) mass is 410 g/mol. The zero-order chi connectivity index (χ0) is 21.6. The third-order valence-corrected chi connectivity index (χ3v) is 4.75. The first-order chi connectivity index (χ1) is 14.1. The number of carbonyl (C=O) groups is 2. The van der Waals surface area contributed by atoms with Crippen molar-refractivity contribution in [2.75, 3.05) is 6.61 Å². The van der Waals surface area contributed by atoms with Crippen molar-refractivity contribution in [2.45, 2.75) is 109 Å². The first-order valence-electron chi connectivity index (χ1n) is 11.4. The van der Waals surface area contributed by atoms with Gasteiger partial charge in [-0.1, -0.05) is 82.6 Å². The van der Waals surface area contributed by atoms with E-state index in [0.717, 1.165) is 32.1 Å². The van der Waals surface area contributed by atoms with Gasteiger partial charge in [0.05, 0.1) is 0 Å². The lowest BCUT2D eigenvalue weighted by Crippen LogP contribution is -2.26. The molecule has 0 aliphatic heterocycles. The maximum Gasteiger partial charge on any atom is 0.336 e. The third kappa shape index (κ3) is 20.9. The molecule has 0 unspecified atom stereocenters. The zero-order valence-electron chi connectivity index (χ0n) is 18.3. The Morgan fingerprint density at radius 1 is 0.759 bits per heavy atom. The number of carboxylic acids is 1. The minimum Gasteiger partial charge on any atom is -0.479 e. The van der Waals surface area contributed by atoms with Crippen LogP contribution in [0, 0.1) is 0 Å². The van der Waals surface area contributed by atoms with Crippen molar-refractivity contribution >= 4 is 11.9 Å². The number of ether oxygens (including phenoxy) is 1. The fourth-order valence-electron chi connectivity index (χ4n) is 2.89. The van der Waals surface area contributed by atoms with Crippen LogP contribution in [0.4, 0.5) is 0 Å². The molecule has 0 aromatic carbocycles. The van der Waals surface area contributed by atoms with Gasteiger partial charge in [0, 0.05) is 6.42 Å². The number of carbonyl (C=O) groups excluding carboxylic acids is 1. The molecule has 0 amide bonds. The van der Waals surface area contributed by atoms with Gasteiger partial charge in [-0.2, -0.15) is 0 Å². The molecule has 0 aromatic rings. The van der Waals surface area contributed by atoms with Gasteiger partial charge in [0.1, 0.15) is 6.61 Å². The van der Waals surface area contributed by atoms with E-state index in [9.17, 15) is 9.59 Å². The number of hydrogen-bond donors (Lipinski definition) is 2. The molecule has 29 heavy (non-hydrogen) atoms. The van der Waals surface area contributed by atoms with E-state index >= 15 is 0 Å². The predicted octanol–water partition coefficient (Wildman–Crippen LogP) is 5.96. The predicted molar refractivity (Wildman–Crippen MR) is 118 cm³/mol. The summed E-state index contributed by atoms with van der Waals surface area (Å²) in [6.07, 6.45) is 24.2. The number of carboxylic acid groups (broad SMARTS) is 1. The quantitative estimate of drug-likeness (QED) is 0.147. The SMILES string of the molecule is CCCC/C=C/CC/C=C/CCCCCCCCCCC(=O)OC[C@@H](O)C(=O)O. The highest BCUT2D eigenvalue weighted by Gasteiger charge is 2.15. The molecule has 0 fully saturated rings. The molecule has 0 radical (unpaired) electrons. The van der Waals surface area contributed by atoms with Crippen molar-refractivity contribution in [1.29, 1.82) is 0 Å². The molecule has 5 heteroatoms. The second-order valence-electron chi connectivity index (χ2n) is 7.57. The molecule has 1 atom stereocenters. The second kappa shape index (κ2) is 21.1. The van der Waals surface area contributed by atoms with Gasteiger partial charge in [0.25, 0.3) is 0 Å². The highest BCUT2D eigenvalue weighted by atomic mass is 16.5. The van der Waals surface area contributed by atoms with Crippen molar-refractivity contribution in [3.63, 3.8) is 0 Å². The lowest BCUT2D eigenvalue weighted by molar-refractivity contribution is -0.156. The number of esters is 1. The van der Waals surface area contributed by atoms with Gasteiger partial charge in [-0.3, -0.25) is 4.79 Å². The molecule has 0 rings (SSSR count). The van der Waals surface area contributed by atoms with Crippen LogP contribution in [0.1, 0.15) is 103 Å². The molecule has 0 bridgehead atoms. The van der Waals surface area contributed by atoms with Crippen molar-refractivity contribution in [1.82, 2.24) is 0 Å². The summed E-state index contributed by atoms with van der Waals surface area (Å²) in [7, 11) is 0. The maximum absolute atomic E-state index is 11.4. The number of rotatable bonds is 20. The van der Waals surface area contributed by atoms with E-state index in [1.54, 1.807) is 0 Å². The number of allylic oxidation sites excluding steroid dienone is 4. The van der Waals surface area contributed by atoms with E-state index in [2.05, 4.69) is 31.2 Å². The van der Waals surface area contributed by atoms with Crippen LogP contribution in [-0.2, 0) is 14.3 Å². The summed E-state index contributed by atoms with van der Waals surface area (Å²) in [5, 5.41) is 17.5. The van der Waals surface area contributed by atoms with Crippen molar-refractivity contribution in [2.24, 2.45) is 0 Å². The molecule has 0 spiro atoms. The lowest BCUT2D eigenvalue weighted by Gasteiger charge is -2.07. The Kier molecular flexibility index (Phi) is 19.9. The number of aliphatic hydroxyl groups excluding tert-OH is 1. The molecule has 0 saturated heterocycles. The summed E-state index contributed by atoms with van der Waals surface area (Å²) in [6.45, 7) is 1.75. The van der Waals surface area contributed by atoms with Crippen LogP contribution < -0.4 is 0 Å². The Balaban J connectivity index is 3.29. The topological polar surface area (TPSA) is 83.8 Å². The molecular weight excluding hydrogens is 368 g/mol. The summed E-state index contributed by atoms with van der Waals surface area (Å²) in [4.78, 5) is 21.8. The lowest BCUT2D eigenvalue weighted by atomic mass is 10.1. The van der Waals surface area contributed by atoms with E-state index in [4.69, 9.17) is 14.9 Å². The summed E-state index contributed by atoms with van der Waals surface area (Å²) in [5.74, 6) is -1.81. The Hall–Kier alpha value is -1.62. The summed E-state index contributed by atoms with van der Waals surface area (Å²) < 4.78 is 4.72. The normalized spacial score (nSPS) is 12.6. The molecule has 0 aromatic heterocycles. The fraction of sp³-hybridized carbons (Fsp3) is 0.750. The van der Waals surface area contributed by atoms with Crippen molar-refractivity contribution < 1.29 is 24.5 Å². The summed E-state index contributed by atoms with van der Waals surface area (Å²) >= 11 is 0. The fourth-order valence-corrected chi connectivity index (χ4v) is 2.89. The summed E-state index contributed by atoms with van der Waals surface area (Å²) in [6, 6.07) is 0. The highest BCUT2D eigenvalue weighted by Crippen LogP contribution is 2.11. The third-order valence-electron chi connectivity index (χ3n) is 4.75. The van der Waals surface area contributed by atoms with Gasteiger partial charge < -0.3 is 14.9 Å². The van der Waals surface area contributed by atoms with Gasteiger partial charge >= 0.3 is 11.9 Å². The van der Waals surface area contributed by atoms with E-state index in [1.165, 1.54) is 57.8 Å². The Morgan fingerprint density at radius 2 is 1.24 bits per heavy atom. The highest BCUT2D eigenvalue weighted by molar-refractivity contribution is 5.73. The standard InChI is InChI=1S/C24H42O5/c1-2-3-4-5-6-7-8-9-10-11-12-13-14-15-16-17-18-19-20-23(26)29-21-22(25)24(27)28/h5-6,9-10,22,25H,2-4,7-8,11-21H2,1H3,(H,27,28)/b6-5+,10-9+/t22-/m1/s1. The van der Waals surface area contributed by atoms with E-state index in [1.807, 2.05) is 0 Å². The van der Waals surface area contributed by atoms with Crippen LogP contribution >= 0.6 is 0 Å². The van der Waals surface area contributed by atoms with E-state index in [-0.39, 0.29) is 6.42 Å². The molecule has 0 saturated carbocycles. The number of hydrogen-bond acceptors (Lipinski definition) is 4. The first kappa shape index (κ1) is 27.4. The maximum atomic E-state index is 11.4. The molecular formula is C24H42O5.